The molecule has 3 nitrogen and oxygen atoms in total. The van der Waals surface area contributed by atoms with Gasteiger partial charge in [-0.3, -0.25) is 4.79 Å². The highest BCUT2D eigenvalue weighted by atomic mass is 19.1. The van der Waals surface area contributed by atoms with Crippen LogP contribution >= 0.6 is 0 Å². The van der Waals surface area contributed by atoms with Gasteiger partial charge in [0.05, 0.1) is 19.1 Å². The average molecular weight is 301 g/mol. The molecule has 0 aliphatic heterocycles. The Kier molecular flexibility index (Phi) is 4.81. The van der Waals surface area contributed by atoms with Gasteiger partial charge in [-0.1, -0.05) is 24.3 Å². The third kappa shape index (κ3) is 4.07. The zero-order valence-electron chi connectivity index (χ0n) is 13.0. The number of rotatable bonds is 5. The quantitative estimate of drug-likeness (QED) is 0.919. The van der Waals surface area contributed by atoms with Crippen LogP contribution in [0.5, 0.6) is 5.75 Å². The molecule has 2 rings (SSSR count). The van der Waals surface area contributed by atoms with Gasteiger partial charge in [0, 0.05) is 0 Å². The van der Waals surface area contributed by atoms with E-state index in [0.717, 1.165) is 16.9 Å². The molecule has 1 amide bonds. The summed E-state index contributed by atoms with van der Waals surface area (Å²) in [5, 5.41) is 3.00. The van der Waals surface area contributed by atoms with Gasteiger partial charge in [0.25, 0.3) is 0 Å². The van der Waals surface area contributed by atoms with Gasteiger partial charge in [-0.05, 0) is 49.2 Å². The molecule has 1 N–H and O–H groups in total. The Bertz CT molecular complexity index is 633. The van der Waals surface area contributed by atoms with Crippen molar-refractivity contribution in [2.24, 2.45) is 0 Å². The zero-order valence-corrected chi connectivity index (χ0v) is 13.0. The Morgan fingerprint density at radius 3 is 2.23 bits per heavy atom. The molecule has 0 atom stereocenters. The van der Waals surface area contributed by atoms with Gasteiger partial charge in [-0.2, -0.15) is 0 Å². The number of carbonyl (C=O) groups excluding carboxylic acids is 1. The van der Waals surface area contributed by atoms with Crippen molar-refractivity contribution >= 4 is 5.91 Å². The third-order valence-electron chi connectivity index (χ3n) is 3.54. The number of hydrogen-bond donors (Lipinski definition) is 1. The van der Waals surface area contributed by atoms with Crippen LogP contribution in [0.3, 0.4) is 0 Å². The first-order chi connectivity index (χ1) is 10.4. The van der Waals surface area contributed by atoms with Crippen molar-refractivity contribution in [3.63, 3.8) is 0 Å². The van der Waals surface area contributed by atoms with Crippen LogP contribution < -0.4 is 10.1 Å². The van der Waals surface area contributed by atoms with Crippen molar-refractivity contribution in [1.29, 1.82) is 0 Å². The first kappa shape index (κ1) is 16.0. The summed E-state index contributed by atoms with van der Waals surface area (Å²) in [5.41, 5.74) is 1.27. The van der Waals surface area contributed by atoms with E-state index in [4.69, 9.17) is 4.74 Å². The van der Waals surface area contributed by atoms with Crippen LogP contribution in [-0.2, 0) is 16.8 Å². The van der Waals surface area contributed by atoms with E-state index in [-0.39, 0.29) is 18.1 Å². The minimum absolute atomic E-state index is 0.104. The third-order valence-corrected chi connectivity index (χ3v) is 3.54. The maximum absolute atomic E-state index is 12.9. The van der Waals surface area contributed by atoms with Crippen LogP contribution in [0.4, 0.5) is 4.39 Å². The fraction of sp³-hybridized carbons (Fsp3) is 0.278. The highest BCUT2D eigenvalue weighted by molar-refractivity contribution is 5.79. The minimum atomic E-state index is -0.497. The second-order valence-electron chi connectivity index (χ2n) is 5.70. The van der Waals surface area contributed by atoms with Crippen molar-refractivity contribution in [2.75, 3.05) is 7.11 Å². The summed E-state index contributed by atoms with van der Waals surface area (Å²) in [6.07, 6.45) is 0.222. The predicted molar refractivity (Wildman–Crippen MR) is 84.3 cm³/mol. The molecule has 0 aliphatic carbocycles. The van der Waals surface area contributed by atoms with Gasteiger partial charge >= 0.3 is 0 Å². The van der Waals surface area contributed by atoms with E-state index < -0.39 is 5.54 Å². The Labute approximate surface area is 130 Å². The number of carbonyl (C=O) groups is 1. The second kappa shape index (κ2) is 6.60. The maximum Gasteiger partial charge on any atom is 0.225 e. The number of hydrogen-bond acceptors (Lipinski definition) is 2. The monoisotopic (exact) mass is 301 g/mol. The number of halogens is 1. The molecule has 0 unspecified atom stereocenters. The van der Waals surface area contributed by atoms with Gasteiger partial charge in [-0.25, -0.2) is 4.39 Å². The summed E-state index contributed by atoms with van der Waals surface area (Å²) in [7, 11) is 1.62. The lowest BCUT2D eigenvalue weighted by Crippen LogP contribution is -2.41. The highest BCUT2D eigenvalue weighted by Crippen LogP contribution is 2.22. The fourth-order valence-electron chi connectivity index (χ4n) is 2.26. The summed E-state index contributed by atoms with van der Waals surface area (Å²) in [6.45, 7) is 3.88. The van der Waals surface area contributed by atoms with Crippen molar-refractivity contribution in [2.45, 2.75) is 25.8 Å². The normalized spacial score (nSPS) is 11.1. The molecule has 2 aromatic rings. The van der Waals surface area contributed by atoms with Gasteiger partial charge in [0.2, 0.25) is 5.91 Å². The van der Waals surface area contributed by atoms with Crippen molar-refractivity contribution < 1.29 is 13.9 Å². The molecule has 22 heavy (non-hydrogen) atoms. The van der Waals surface area contributed by atoms with E-state index in [0.29, 0.717) is 0 Å². The fourth-order valence-corrected chi connectivity index (χ4v) is 2.26. The van der Waals surface area contributed by atoms with Crippen LogP contribution in [0.15, 0.2) is 48.5 Å². The minimum Gasteiger partial charge on any atom is -0.497 e. The predicted octanol–water partition coefficient (Wildman–Crippen LogP) is 3.43. The number of benzene rings is 2. The standard InChI is InChI=1S/C18H20FNO2/c1-18(2,14-6-10-16(22-3)11-7-14)20-17(21)12-13-4-8-15(19)9-5-13/h4-11H,12H2,1-3H3,(H,20,21). The summed E-state index contributed by atoms with van der Waals surface area (Å²) < 4.78 is 18.0. The molecule has 2 aromatic carbocycles. The molecular weight excluding hydrogens is 281 g/mol. The average Bonchev–Trinajstić information content (AvgIpc) is 2.49. The summed E-state index contributed by atoms with van der Waals surface area (Å²) in [4.78, 5) is 12.2. The van der Waals surface area contributed by atoms with Crippen LogP contribution in [0.25, 0.3) is 0 Å². The molecule has 0 fully saturated rings. The second-order valence-corrected chi connectivity index (χ2v) is 5.70. The number of nitrogens with one attached hydrogen (secondary N) is 1. The van der Waals surface area contributed by atoms with Gasteiger partial charge in [0.1, 0.15) is 11.6 Å². The topological polar surface area (TPSA) is 38.3 Å². The molecule has 0 aromatic heterocycles. The Morgan fingerprint density at radius 2 is 1.68 bits per heavy atom. The molecule has 4 heteroatoms. The van der Waals surface area contributed by atoms with E-state index in [2.05, 4.69) is 5.32 Å². The highest BCUT2D eigenvalue weighted by Gasteiger charge is 2.22. The van der Waals surface area contributed by atoms with Crippen LogP contribution in [0.2, 0.25) is 0 Å². The lowest BCUT2D eigenvalue weighted by Gasteiger charge is -2.27. The van der Waals surface area contributed by atoms with Crippen LogP contribution in [0, 0.1) is 5.82 Å². The zero-order chi connectivity index (χ0) is 16.2. The SMILES string of the molecule is COc1ccc(C(C)(C)NC(=O)Cc2ccc(F)cc2)cc1. The molecule has 0 saturated carbocycles. The van der Waals surface area contributed by atoms with Gasteiger partial charge in [-0.15, -0.1) is 0 Å². The van der Waals surface area contributed by atoms with E-state index in [1.807, 2.05) is 38.1 Å². The molecule has 0 bridgehead atoms. The number of ether oxygens (including phenoxy) is 1. The van der Waals surface area contributed by atoms with E-state index >= 15 is 0 Å². The lowest BCUT2D eigenvalue weighted by atomic mass is 9.94. The van der Waals surface area contributed by atoms with E-state index in [1.165, 1.54) is 12.1 Å². The lowest BCUT2D eigenvalue weighted by molar-refractivity contribution is -0.122. The summed E-state index contributed by atoms with van der Waals surface area (Å²) >= 11 is 0. The summed E-state index contributed by atoms with van der Waals surface area (Å²) in [5.74, 6) is 0.368. The largest absolute Gasteiger partial charge is 0.497 e. The van der Waals surface area contributed by atoms with Crippen LogP contribution in [0.1, 0.15) is 25.0 Å². The molecule has 0 spiro atoms. The molecule has 116 valence electrons. The smallest absolute Gasteiger partial charge is 0.225 e. The molecule has 0 aliphatic rings. The number of amides is 1. The van der Waals surface area contributed by atoms with Crippen molar-refractivity contribution in [3.8, 4) is 5.75 Å². The first-order valence-corrected chi connectivity index (χ1v) is 7.11. The van der Waals surface area contributed by atoms with E-state index in [1.54, 1.807) is 19.2 Å². The van der Waals surface area contributed by atoms with Crippen molar-refractivity contribution in [3.05, 3.63) is 65.5 Å². The number of methoxy groups -OCH3 is 1. The Balaban J connectivity index is 2.03. The van der Waals surface area contributed by atoms with Gasteiger partial charge < -0.3 is 10.1 Å². The Hall–Kier alpha value is -2.36. The Morgan fingerprint density at radius 1 is 1.09 bits per heavy atom. The molecular formula is C18H20FNO2. The summed E-state index contributed by atoms with van der Waals surface area (Å²) in [6, 6.07) is 13.5. The van der Waals surface area contributed by atoms with Gasteiger partial charge in [0.15, 0.2) is 0 Å². The molecule has 0 saturated heterocycles. The molecule has 0 heterocycles. The molecule has 0 radical (unpaired) electrons. The van der Waals surface area contributed by atoms with E-state index in [9.17, 15) is 9.18 Å². The maximum atomic E-state index is 12.9. The van der Waals surface area contributed by atoms with Crippen LogP contribution in [-0.4, -0.2) is 13.0 Å². The first-order valence-electron chi connectivity index (χ1n) is 7.11. The van der Waals surface area contributed by atoms with Crippen molar-refractivity contribution in [1.82, 2.24) is 5.32 Å².